The number of hydrogen-bond acceptors (Lipinski definition) is 3. The molecule has 0 unspecified atom stereocenters. The molecule has 1 aromatic carbocycles. The first kappa shape index (κ1) is 15.8. The molecule has 6 nitrogen and oxygen atoms in total. The summed E-state index contributed by atoms with van der Waals surface area (Å²) < 4.78 is 0. The number of carboxylic acids is 1. The van der Waals surface area contributed by atoms with E-state index in [9.17, 15) is 14.4 Å². The standard InChI is InChI=1S/C16H18N2O4/c1-11(2)15-16(22)18(9-14(20)21)13(8-17(15)10-19)12-6-4-3-5-7-12/h3-8,10-11,15H,9H2,1-2H3,(H,20,21)/t15-/m0/s1. The molecule has 2 amide bonds. The van der Waals surface area contributed by atoms with Gasteiger partial charge in [-0.2, -0.15) is 0 Å². The Morgan fingerprint density at radius 1 is 1.32 bits per heavy atom. The van der Waals surface area contributed by atoms with Crippen LogP contribution in [-0.2, 0) is 14.4 Å². The van der Waals surface area contributed by atoms with Gasteiger partial charge in [0.15, 0.2) is 0 Å². The molecule has 1 aromatic rings. The van der Waals surface area contributed by atoms with E-state index in [1.807, 2.05) is 19.9 Å². The van der Waals surface area contributed by atoms with Gasteiger partial charge in [-0.25, -0.2) is 0 Å². The molecule has 1 N–H and O–H groups in total. The van der Waals surface area contributed by atoms with Crippen LogP contribution >= 0.6 is 0 Å². The molecule has 0 radical (unpaired) electrons. The Bertz CT molecular complexity index is 610. The van der Waals surface area contributed by atoms with Gasteiger partial charge in [-0.15, -0.1) is 0 Å². The fourth-order valence-corrected chi connectivity index (χ4v) is 2.56. The van der Waals surface area contributed by atoms with E-state index in [4.69, 9.17) is 5.11 Å². The second-order valence-electron chi connectivity index (χ2n) is 5.44. The second-order valence-corrected chi connectivity index (χ2v) is 5.44. The summed E-state index contributed by atoms with van der Waals surface area (Å²) >= 11 is 0. The summed E-state index contributed by atoms with van der Waals surface area (Å²) in [4.78, 5) is 37.6. The normalized spacial score (nSPS) is 18.4. The minimum absolute atomic E-state index is 0.123. The van der Waals surface area contributed by atoms with Gasteiger partial charge in [-0.3, -0.25) is 19.3 Å². The van der Waals surface area contributed by atoms with E-state index in [1.165, 1.54) is 16.0 Å². The molecule has 22 heavy (non-hydrogen) atoms. The van der Waals surface area contributed by atoms with Gasteiger partial charge in [-0.1, -0.05) is 44.2 Å². The lowest BCUT2D eigenvalue weighted by Crippen LogP contribution is -2.53. The molecule has 0 aliphatic carbocycles. The number of hydrogen-bond donors (Lipinski definition) is 1. The van der Waals surface area contributed by atoms with E-state index in [0.29, 0.717) is 17.7 Å². The third-order valence-electron chi connectivity index (χ3n) is 3.52. The summed E-state index contributed by atoms with van der Waals surface area (Å²) in [6.07, 6.45) is 2.14. The zero-order chi connectivity index (χ0) is 16.3. The molecule has 0 fully saturated rings. The number of aliphatic carboxylic acids is 1. The summed E-state index contributed by atoms with van der Waals surface area (Å²) in [7, 11) is 0. The molecule has 1 heterocycles. The number of carbonyl (C=O) groups is 3. The quantitative estimate of drug-likeness (QED) is 0.834. The average Bonchev–Trinajstić information content (AvgIpc) is 2.48. The van der Waals surface area contributed by atoms with Crippen molar-refractivity contribution < 1.29 is 19.5 Å². The fraction of sp³-hybridized carbons (Fsp3) is 0.312. The molecule has 116 valence electrons. The van der Waals surface area contributed by atoms with Gasteiger partial charge in [0.2, 0.25) is 6.41 Å². The van der Waals surface area contributed by atoms with E-state index in [0.717, 1.165) is 0 Å². The zero-order valence-electron chi connectivity index (χ0n) is 12.5. The van der Waals surface area contributed by atoms with Crippen LogP contribution in [0.25, 0.3) is 5.70 Å². The van der Waals surface area contributed by atoms with E-state index >= 15 is 0 Å². The predicted molar refractivity (Wildman–Crippen MR) is 80.3 cm³/mol. The minimum atomic E-state index is -1.10. The minimum Gasteiger partial charge on any atom is -0.480 e. The van der Waals surface area contributed by atoms with Crippen molar-refractivity contribution in [2.75, 3.05) is 6.54 Å². The van der Waals surface area contributed by atoms with Gasteiger partial charge in [0, 0.05) is 6.20 Å². The number of rotatable bonds is 5. The average molecular weight is 302 g/mol. The lowest BCUT2D eigenvalue weighted by molar-refractivity contribution is -0.146. The van der Waals surface area contributed by atoms with Crippen LogP contribution in [0.4, 0.5) is 0 Å². The van der Waals surface area contributed by atoms with Crippen LogP contribution in [-0.4, -0.2) is 45.8 Å². The molecule has 1 aliphatic rings. The summed E-state index contributed by atoms with van der Waals surface area (Å²) in [5.74, 6) is -1.61. The lowest BCUT2D eigenvalue weighted by Gasteiger charge is -2.39. The van der Waals surface area contributed by atoms with Crippen LogP contribution in [0.2, 0.25) is 0 Å². The van der Waals surface area contributed by atoms with Crippen molar-refractivity contribution in [1.82, 2.24) is 9.80 Å². The van der Waals surface area contributed by atoms with E-state index in [2.05, 4.69) is 0 Å². The fourth-order valence-electron chi connectivity index (χ4n) is 2.56. The first-order valence-corrected chi connectivity index (χ1v) is 6.99. The summed E-state index contributed by atoms with van der Waals surface area (Å²) in [5, 5.41) is 9.09. The molecule has 0 bridgehead atoms. The van der Waals surface area contributed by atoms with Crippen molar-refractivity contribution in [3.63, 3.8) is 0 Å². The SMILES string of the molecule is CC(C)[C@H]1C(=O)N(CC(=O)O)C(c2ccccc2)=CN1C=O. The number of carbonyl (C=O) groups excluding carboxylic acids is 2. The van der Waals surface area contributed by atoms with Crippen LogP contribution < -0.4 is 0 Å². The van der Waals surface area contributed by atoms with Crippen molar-refractivity contribution in [3.05, 3.63) is 42.1 Å². The summed E-state index contributed by atoms with van der Waals surface area (Å²) in [5.41, 5.74) is 1.10. The molecule has 6 heteroatoms. The maximum atomic E-state index is 12.7. The van der Waals surface area contributed by atoms with E-state index in [-0.39, 0.29) is 11.8 Å². The van der Waals surface area contributed by atoms with Gasteiger partial charge in [0.05, 0.1) is 5.70 Å². The molecule has 0 spiro atoms. The Morgan fingerprint density at radius 3 is 2.45 bits per heavy atom. The highest BCUT2D eigenvalue weighted by atomic mass is 16.4. The highest BCUT2D eigenvalue weighted by Gasteiger charge is 2.38. The summed E-state index contributed by atoms with van der Waals surface area (Å²) in [6.45, 7) is 3.20. The number of nitrogens with zero attached hydrogens (tertiary/aromatic N) is 2. The Hall–Kier alpha value is -2.63. The van der Waals surface area contributed by atoms with Crippen LogP contribution in [0, 0.1) is 5.92 Å². The Balaban J connectivity index is 2.53. The maximum Gasteiger partial charge on any atom is 0.323 e. The van der Waals surface area contributed by atoms with E-state index < -0.39 is 18.6 Å². The van der Waals surface area contributed by atoms with Crippen LogP contribution in [0.1, 0.15) is 19.4 Å². The molecule has 1 atom stereocenters. The van der Waals surface area contributed by atoms with Crippen molar-refractivity contribution in [2.45, 2.75) is 19.9 Å². The third kappa shape index (κ3) is 3.00. The predicted octanol–water partition coefficient (Wildman–Crippen LogP) is 1.39. The lowest BCUT2D eigenvalue weighted by atomic mass is 9.97. The monoisotopic (exact) mass is 302 g/mol. The molecule has 0 saturated heterocycles. The van der Waals surface area contributed by atoms with Gasteiger partial charge in [0.25, 0.3) is 5.91 Å². The Morgan fingerprint density at radius 2 is 1.95 bits per heavy atom. The second kappa shape index (κ2) is 6.43. The third-order valence-corrected chi connectivity index (χ3v) is 3.52. The van der Waals surface area contributed by atoms with Crippen molar-refractivity contribution in [3.8, 4) is 0 Å². The molecular weight excluding hydrogens is 284 g/mol. The molecular formula is C16H18N2O4. The summed E-state index contributed by atoms with van der Waals surface area (Å²) in [6, 6.07) is 8.26. The van der Waals surface area contributed by atoms with Crippen molar-refractivity contribution in [2.24, 2.45) is 5.92 Å². The zero-order valence-corrected chi connectivity index (χ0v) is 12.5. The number of amides is 2. The van der Waals surface area contributed by atoms with Crippen molar-refractivity contribution >= 4 is 24.0 Å². The molecule has 2 rings (SSSR count). The van der Waals surface area contributed by atoms with Gasteiger partial charge < -0.3 is 10.0 Å². The van der Waals surface area contributed by atoms with Crippen LogP contribution in [0.15, 0.2) is 36.5 Å². The van der Waals surface area contributed by atoms with Crippen molar-refractivity contribution in [1.29, 1.82) is 0 Å². The topological polar surface area (TPSA) is 77.9 Å². The molecule has 0 saturated carbocycles. The smallest absolute Gasteiger partial charge is 0.323 e. The first-order valence-electron chi connectivity index (χ1n) is 6.99. The molecule has 0 aromatic heterocycles. The van der Waals surface area contributed by atoms with E-state index in [1.54, 1.807) is 24.3 Å². The highest BCUT2D eigenvalue weighted by Crippen LogP contribution is 2.28. The number of carboxylic acid groups (broad SMARTS) is 1. The highest BCUT2D eigenvalue weighted by molar-refractivity contribution is 5.97. The Kier molecular flexibility index (Phi) is 4.60. The largest absolute Gasteiger partial charge is 0.480 e. The van der Waals surface area contributed by atoms with Gasteiger partial charge in [-0.05, 0) is 11.5 Å². The number of benzene rings is 1. The van der Waals surface area contributed by atoms with Crippen LogP contribution in [0.5, 0.6) is 0 Å². The maximum absolute atomic E-state index is 12.7. The van der Waals surface area contributed by atoms with Crippen LogP contribution in [0.3, 0.4) is 0 Å². The van der Waals surface area contributed by atoms with Gasteiger partial charge >= 0.3 is 5.97 Å². The Labute approximate surface area is 128 Å². The van der Waals surface area contributed by atoms with Gasteiger partial charge in [0.1, 0.15) is 12.6 Å². The first-order chi connectivity index (χ1) is 10.5. The molecule has 1 aliphatic heterocycles.